The van der Waals surface area contributed by atoms with Gasteiger partial charge in [-0.2, -0.15) is 0 Å². The summed E-state index contributed by atoms with van der Waals surface area (Å²) >= 11 is 14.2. The Hall–Kier alpha value is -2.13. The standard InChI is InChI=1S/C22H15Br2N3OS2/c1-12-5-4-6-13(9-12)20(28)27-22(29)26-19-15(10-14(23)11-16(19)24)21-25-17-7-2-3-8-18(17)30-21/h2-11H,1H3,(H2,26,27,28,29). The zero-order valence-electron chi connectivity index (χ0n) is 15.7. The lowest BCUT2D eigenvalue weighted by Crippen LogP contribution is -2.34. The molecule has 1 amide bonds. The van der Waals surface area contributed by atoms with Gasteiger partial charge >= 0.3 is 0 Å². The van der Waals surface area contributed by atoms with Gasteiger partial charge in [-0.15, -0.1) is 11.3 Å². The molecule has 0 bridgehead atoms. The van der Waals surface area contributed by atoms with E-state index in [2.05, 4.69) is 42.5 Å². The van der Waals surface area contributed by atoms with Crippen molar-refractivity contribution in [3.05, 3.63) is 80.7 Å². The average Bonchev–Trinajstić information content (AvgIpc) is 3.14. The number of nitrogens with one attached hydrogen (secondary N) is 2. The zero-order chi connectivity index (χ0) is 21.3. The van der Waals surface area contributed by atoms with Crippen LogP contribution in [0.5, 0.6) is 0 Å². The average molecular weight is 561 g/mol. The van der Waals surface area contributed by atoms with Gasteiger partial charge in [0, 0.05) is 20.1 Å². The number of halogens is 2. The van der Waals surface area contributed by atoms with Crippen molar-refractivity contribution in [3.63, 3.8) is 0 Å². The van der Waals surface area contributed by atoms with Crippen molar-refractivity contribution in [2.75, 3.05) is 5.32 Å². The van der Waals surface area contributed by atoms with Gasteiger partial charge in [-0.05, 0) is 71.5 Å². The highest BCUT2D eigenvalue weighted by atomic mass is 79.9. The lowest BCUT2D eigenvalue weighted by atomic mass is 10.1. The fourth-order valence-electron chi connectivity index (χ4n) is 2.96. The molecule has 8 heteroatoms. The minimum atomic E-state index is -0.258. The van der Waals surface area contributed by atoms with Crippen LogP contribution in [-0.4, -0.2) is 16.0 Å². The first-order chi connectivity index (χ1) is 14.4. The number of rotatable bonds is 3. The number of anilines is 1. The summed E-state index contributed by atoms with van der Waals surface area (Å²) in [5.41, 5.74) is 4.13. The lowest BCUT2D eigenvalue weighted by molar-refractivity contribution is 0.0977. The molecule has 30 heavy (non-hydrogen) atoms. The Labute approximate surface area is 200 Å². The highest BCUT2D eigenvalue weighted by Crippen LogP contribution is 2.40. The normalized spacial score (nSPS) is 10.8. The minimum Gasteiger partial charge on any atom is -0.331 e. The summed E-state index contributed by atoms with van der Waals surface area (Å²) < 4.78 is 2.81. The van der Waals surface area contributed by atoms with Crippen LogP contribution in [0.4, 0.5) is 5.69 Å². The van der Waals surface area contributed by atoms with Gasteiger partial charge in [0.15, 0.2) is 5.11 Å². The Morgan fingerprint density at radius 1 is 1.07 bits per heavy atom. The molecule has 4 rings (SSSR count). The van der Waals surface area contributed by atoms with Gasteiger partial charge < -0.3 is 5.32 Å². The number of hydrogen-bond acceptors (Lipinski definition) is 4. The predicted molar refractivity (Wildman–Crippen MR) is 135 cm³/mol. The van der Waals surface area contributed by atoms with Gasteiger partial charge in [-0.25, -0.2) is 4.98 Å². The van der Waals surface area contributed by atoms with Crippen LogP contribution in [0.25, 0.3) is 20.8 Å². The van der Waals surface area contributed by atoms with E-state index in [4.69, 9.17) is 17.2 Å². The number of benzene rings is 3. The molecule has 0 radical (unpaired) electrons. The molecule has 0 saturated carbocycles. The van der Waals surface area contributed by atoms with Crippen molar-refractivity contribution in [3.8, 4) is 10.6 Å². The molecular formula is C22H15Br2N3OS2. The summed E-state index contributed by atoms with van der Waals surface area (Å²) in [4.78, 5) is 17.3. The van der Waals surface area contributed by atoms with E-state index >= 15 is 0 Å². The van der Waals surface area contributed by atoms with Crippen LogP contribution in [0.1, 0.15) is 15.9 Å². The molecule has 4 aromatic rings. The first kappa shape index (κ1) is 21.1. The van der Waals surface area contributed by atoms with Gasteiger partial charge in [-0.3, -0.25) is 10.1 Å². The van der Waals surface area contributed by atoms with Crippen LogP contribution < -0.4 is 10.6 Å². The van der Waals surface area contributed by atoms with E-state index in [1.165, 1.54) is 0 Å². The molecular weight excluding hydrogens is 546 g/mol. The SMILES string of the molecule is Cc1cccc(C(=O)NC(=S)Nc2c(Br)cc(Br)cc2-c2nc3ccccc3s2)c1. The predicted octanol–water partition coefficient (Wildman–Crippen LogP) is 6.92. The fraction of sp³-hybridized carbons (Fsp3) is 0.0455. The molecule has 0 unspecified atom stereocenters. The zero-order valence-corrected chi connectivity index (χ0v) is 20.5. The Bertz CT molecular complexity index is 1250. The highest BCUT2D eigenvalue weighted by Gasteiger charge is 2.17. The van der Waals surface area contributed by atoms with Crippen LogP contribution in [-0.2, 0) is 0 Å². The van der Waals surface area contributed by atoms with Crippen molar-refractivity contribution < 1.29 is 4.79 Å². The highest BCUT2D eigenvalue weighted by molar-refractivity contribution is 9.11. The van der Waals surface area contributed by atoms with Crippen LogP contribution >= 0.6 is 55.4 Å². The molecule has 0 spiro atoms. The summed E-state index contributed by atoms with van der Waals surface area (Å²) in [5, 5.41) is 6.98. The largest absolute Gasteiger partial charge is 0.331 e. The van der Waals surface area contributed by atoms with Crippen LogP contribution in [0, 0.1) is 6.92 Å². The number of nitrogens with zero attached hydrogens (tertiary/aromatic N) is 1. The van der Waals surface area contributed by atoms with Crippen molar-refractivity contribution in [1.82, 2.24) is 10.3 Å². The maximum Gasteiger partial charge on any atom is 0.257 e. The maximum absolute atomic E-state index is 12.5. The first-order valence-electron chi connectivity index (χ1n) is 8.95. The van der Waals surface area contributed by atoms with Gasteiger partial charge in [0.1, 0.15) is 5.01 Å². The lowest BCUT2D eigenvalue weighted by Gasteiger charge is -2.15. The van der Waals surface area contributed by atoms with E-state index in [-0.39, 0.29) is 11.0 Å². The van der Waals surface area contributed by atoms with Crippen LogP contribution in [0.15, 0.2) is 69.6 Å². The number of amides is 1. The summed E-state index contributed by atoms with van der Waals surface area (Å²) in [6.07, 6.45) is 0. The van der Waals surface area contributed by atoms with Crippen LogP contribution in [0.3, 0.4) is 0 Å². The number of fused-ring (bicyclic) bond motifs is 1. The molecule has 0 saturated heterocycles. The molecule has 3 aromatic carbocycles. The Morgan fingerprint density at radius 2 is 1.87 bits per heavy atom. The second-order valence-corrected chi connectivity index (χ2v) is 9.78. The molecule has 4 nitrogen and oxygen atoms in total. The third-order valence-corrected chi connectivity index (χ3v) is 6.68. The van der Waals surface area contributed by atoms with Crippen molar-refractivity contribution in [1.29, 1.82) is 0 Å². The van der Waals surface area contributed by atoms with Crippen LogP contribution in [0.2, 0.25) is 0 Å². The first-order valence-corrected chi connectivity index (χ1v) is 11.8. The van der Waals surface area contributed by atoms with E-state index in [9.17, 15) is 4.79 Å². The molecule has 2 N–H and O–H groups in total. The molecule has 0 atom stereocenters. The van der Waals surface area contributed by atoms with Gasteiger partial charge in [0.25, 0.3) is 5.91 Å². The number of para-hydroxylation sites is 1. The third kappa shape index (κ3) is 4.62. The summed E-state index contributed by atoms with van der Waals surface area (Å²) in [7, 11) is 0. The van der Waals surface area contributed by atoms with Gasteiger partial charge in [0.2, 0.25) is 0 Å². The summed E-state index contributed by atoms with van der Waals surface area (Å²) in [6.45, 7) is 1.94. The topological polar surface area (TPSA) is 54.0 Å². The van der Waals surface area contributed by atoms with E-state index in [0.29, 0.717) is 5.56 Å². The van der Waals surface area contributed by atoms with E-state index in [1.54, 1.807) is 17.4 Å². The molecule has 0 aliphatic heterocycles. The molecule has 1 heterocycles. The number of hydrogen-bond donors (Lipinski definition) is 2. The third-order valence-electron chi connectivity index (χ3n) is 4.33. The smallest absolute Gasteiger partial charge is 0.257 e. The number of thiocarbonyl (C=S) groups is 1. The summed E-state index contributed by atoms with van der Waals surface area (Å²) in [5.74, 6) is -0.258. The number of carbonyl (C=O) groups is 1. The van der Waals surface area contributed by atoms with Gasteiger partial charge in [-0.1, -0.05) is 45.8 Å². The molecule has 0 fully saturated rings. The molecule has 1 aromatic heterocycles. The number of carbonyl (C=O) groups excluding carboxylic acids is 1. The van der Waals surface area contributed by atoms with Gasteiger partial charge in [0.05, 0.1) is 15.9 Å². The van der Waals surface area contributed by atoms with Crippen molar-refractivity contribution in [2.24, 2.45) is 0 Å². The Kier molecular flexibility index (Phi) is 6.29. The van der Waals surface area contributed by atoms with Crippen molar-refractivity contribution >= 4 is 82.3 Å². The fourth-order valence-corrected chi connectivity index (χ4v) is 5.47. The maximum atomic E-state index is 12.5. The quantitative estimate of drug-likeness (QED) is 0.267. The van der Waals surface area contributed by atoms with E-state index in [0.717, 1.165) is 41.0 Å². The number of aryl methyl sites for hydroxylation is 1. The molecule has 0 aliphatic carbocycles. The number of aromatic nitrogens is 1. The Balaban J connectivity index is 1.64. The second kappa shape index (κ2) is 8.93. The summed E-state index contributed by atoms with van der Waals surface area (Å²) in [6, 6.07) is 19.3. The minimum absolute atomic E-state index is 0.215. The van der Waals surface area contributed by atoms with E-state index in [1.807, 2.05) is 61.5 Å². The molecule has 150 valence electrons. The molecule has 0 aliphatic rings. The number of thiazole rings is 1. The Morgan fingerprint density at radius 3 is 2.63 bits per heavy atom. The monoisotopic (exact) mass is 559 g/mol. The van der Waals surface area contributed by atoms with E-state index < -0.39 is 0 Å². The van der Waals surface area contributed by atoms with Crippen molar-refractivity contribution in [2.45, 2.75) is 6.92 Å². The second-order valence-electron chi connectivity index (χ2n) is 6.57.